The predicted octanol–water partition coefficient (Wildman–Crippen LogP) is 11.8. The fourth-order valence-corrected chi connectivity index (χ4v) is 14.2. The Labute approximate surface area is 326 Å². The first-order valence-corrected chi connectivity index (χ1v) is 21.3. The summed E-state index contributed by atoms with van der Waals surface area (Å²) in [6, 6.07) is 80.5. The standard InChI is InChI=1S/C54H36OSi/c1-4-21-38(22-5-1)56(39-23-6-2-7-24-39,40-25-8-3-9-26-40)41-35-49-43-28-16-17-34-51(43)55-54(49)50(36-41)53-47-31-14-12-29-45(47)52(46-30-13-15-32-48(46)53)44-33-18-20-37-19-10-11-27-42(37)44/h1-36H. The van der Waals surface area contributed by atoms with E-state index < -0.39 is 8.07 Å². The Morgan fingerprint density at radius 3 is 1.27 bits per heavy atom. The topological polar surface area (TPSA) is 13.1 Å². The number of hydrogen-bond donors (Lipinski definition) is 0. The molecule has 1 nitrogen and oxygen atoms in total. The molecule has 0 aliphatic rings. The molecule has 0 saturated carbocycles. The summed E-state index contributed by atoms with van der Waals surface area (Å²) in [5.41, 5.74) is 6.63. The number of para-hydroxylation sites is 1. The van der Waals surface area contributed by atoms with Crippen molar-refractivity contribution in [1.82, 2.24) is 0 Å². The molecule has 10 aromatic carbocycles. The van der Waals surface area contributed by atoms with Gasteiger partial charge in [0.15, 0.2) is 8.07 Å². The fourth-order valence-electron chi connectivity index (χ4n) is 9.45. The van der Waals surface area contributed by atoms with Crippen molar-refractivity contribution in [1.29, 1.82) is 0 Å². The highest BCUT2D eigenvalue weighted by Crippen LogP contribution is 2.47. The molecular weight excluding hydrogens is 693 g/mol. The lowest BCUT2D eigenvalue weighted by Gasteiger charge is -2.35. The van der Waals surface area contributed by atoms with E-state index in [0.717, 1.165) is 27.5 Å². The number of fused-ring (bicyclic) bond motifs is 6. The summed E-state index contributed by atoms with van der Waals surface area (Å²) in [7, 11) is -2.91. The summed E-state index contributed by atoms with van der Waals surface area (Å²) in [4.78, 5) is 0. The molecule has 0 aliphatic carbocycles. The van der Waals surface area contributed by atoms with Gasteiger partial charge in [-0.2, -0.15) is 0 Å². The van der Waals surface area contributed by atoms with Gasteiger partial charge in [0.05, 0.1) is 0 Å². The minimum atomic E-state index is -2.91. The molecule has 0 fully saturated rings. The van der Waals surface area contributed by atoms with Gasteiger partial charge in [0, 0.05) is 21.9 Å². The van der Waals surface area contributed by atoms with Crippen molar-refractivity contribution in [2.75, 3.05) is 0 Å². The van der Waals surface area contributed by atoms with Crippen LogP contribution in [0.1, 0.15) is 0 Å². The normalized spacial score (nSPS) is 11.9. The van der Waals surface area contributed by atoms with Crippen molar-refractivity contribution < 1.29 is 4.42 Å². The van der Waals surface area contributed by atoms with Crippen molar-refractivity contribution in [3.63, 3.8) is 0 Å². The Morgan fingerprint density at radius 1 is 0.286 bits per heavy atom. The van der Waals surface area contributed by atoms with E-state index in [1.54, 1.807) is 0 Å². The zero-order valence-corrected chi connectivity index (χ0v) is 31.7. The molecule has 0 atom stereocenters. The molecule has 0 aliphatic heterocycles. The molecule has 56 heavy (non-hydrogen) atoms. The van der Waals surface area contributed by atoms with E-state index in [1.807, 2.05) is 0 Å². The Kier molecular flexibility index (Phi) is 7.58. The highest BCUT2D eigenvalue weighted by molar-refractivity contribution is 7.20. The molecule has 1 heterocycles. The third-order valence-electron chi connectivity index (χ3n) is 11.8. The average Bonchev–Trinajstić information content (AvgIpc) is 3.65. The minimum Gasteiger partial charge on any atom is -0.455 e. The van der Waals surface area contributed by atoms with Crippen LogP contribution in [0, 0.1) is 0 Å². The number of benzene rings is 10. The summed E-state index contributed by atoms with van der Waals surface area (Å²) < 4.78 is 7.01. The molecule has 0 radical (unpaired) electrons. The first kappa shape index (κ1) is 32.4. The van der Waals surface area contributed by atoms with Gasteiger partial charge >= 0.3 is 0 Å². The highest BCUT2D eigenvalue weighted by atomic mass is 28.3. The lowest BCUT2D eigenvalue weighted by molar-refractivity contribution is 0.670. The van der Waals surface area contributed by atoms with E-state index in [0.29, 0.717) is 0 Å². The maximum atomic E-state index is 7.01. The molecule has 262 valence electrons. The van der Waals surface area contributed by atoms with E-state index in [-0.39, 0.29) is 0 Å². The van der Waals surface area contributed by atoms with Gasteiger partial charge in [0.25, 0.3) is 0 Å². The van der Waals surface area contributed by atoms with Crippen LogP contribution in [-0.4, -0.2) is 8.07 Å². The Morgan fingerprint density at radius 2 is 0.714 bits per heavy atom. The summed E-state index contributed by atoms with van der Waals surface area (Å²) in [6.45, 7) is 0. The Bertz CT molecular complexity index is 3080. The van der Waals surface area contributed by atoms with Crippen molar-refractivity contribution in [2.45, 2.75) is 0 Å². The van der Waals surface area contributed by atoms with Crippen LogP contribution in [0.25, 0.3) is 76.5 Å². The number of hydrogen-bond acceptors (Lipinski definition) is 1. The maximum absolute atomic E-state index is 7.01. The van der Waals surface area contributed by atoms with Gasteiger partial charge in [-0.05, 0) is 70.3 Å². The van der Waals surface area contributed by atoms with Gasteiger partial charge in [0.2, 0.25) is 0 Å². The van der Waals surface area contributed by atoms with Crippen LogP contribution >= 0.6 is 0 Å². The lowest BCUT2D eigenvalue weighted by atomic mass is 9.84. The largest absolute Gasteiger partial charge is 0.455 e. The molecule has 0 spiro atoms. The van der Waals surface area contributed by atoms with Crippen LogP contribution in [0.5, 0.6) is 0 Å². The molecule has 0 N–H and O–H groups in total. The van der Waals surface area contributed by atoms with Crippen molar-refractivity contribution >= 4 is 83.1 Å². The smallest absolute Gasteiger partial charge is 0.179 e. The van der Waals surface area contributed by atoms with Crippen molar-refractivity contribution in [3.05, 3.63) is 218 Å². The molecule has 11 aromatic rings. The zero-order valence-electron chi connectivity index (χ0n) is 30.7. The molecule has 0 bridgehead atoms. The number of furan rings is 1. The summed E-state index contributed by atoms with van der Waals surface area (Å²) in [5.74, 6) is 0. The molecule has 0 unspecified atom stereocenters. The van der Waals surface area contributed by atoms with Gasteiger partial charge in [-0.3, -0.25) is 0 Å². The zero-order chi connectivity index (χ0) is 37.1. The minimum absolute atomic E-state index is 0.897. The van der Waals surface area contributed by atoms with E-state index >= 15 is 0 Å². The van der Waals surface area contributed by atoms with Crippen molar-refractivity contribution in [3.8, 4) is 22.3 Å². The van der Waals surface area contributed by atoms with E-state index in [4.69, 9.17) is 4.42 Å². The third kappa shape index (κ3) is 4.86. The SMILES string of the molecule is c1ccc([Si](c2ccccc2)(c2ccccc2)c2cc(-c3c4ccccc4c(-c4cccc5ccccc45)c4ccccc34)c3oc4ccccc4c3c2)cc1. The van der Waals surface area contributed by atoms with Crippen LogP contribution in [0.2, 0.25) is 0 Å². The van der Waals surface area contributed by atoms with Crippen LogP contribution in [0.4, 0.5) is 0 Å². The van der Waals surface area contributed by atoms with E-state index in [9.17, 15) is 0 Å². The van der Waals surface area contributed by atoms with Crippen LogP contribution in [-0.2, 0) is 0 Å². The van der Waals surface area contributed by atoms with Gasteiger partial charge in [-0.25, -0.2) is 0 Å². The Balaban J connectivity index is 1.34. The number of rotatable bonds is 6. The van der Waals surface area contributed by atoms with E-state index in [2.05, 4.69) is 218 Å². The van der Waals surface area contributed by atoms with Gasteiger partial charge in [0.1, 0.15) is 11.2 Å². The van der Waals surface area contributed by atoms with Crippen LogP contribution in [0.3, 0.4) is 0 Å². The first-order valence-electron chi connectivity index (χ1n) is 19.3. The second kappa shape index (κ2) is 13.1. The van der Waals surface area contributed by atoms with Crippen LogP contribution in [0.15, 0.2) is 223 Å². The second-order valence-electron chi connectivity index (χ2n) is 14.7. The quantitative estimate of drug-likeness (QED) is 0.0944. The lowest BCUT2D eigenvalue weighted by Crippen LogP contribution is -2.74. The van der Waals surface area contributed by atoms with Gasteiger partial charge in [-0.15, -0.1) is 0 Å². The second-order valence-corrected chi connectivity index (χ2v) is 18.5. The summed E-state index contributed by atoms with van der Waals surface area (Å²) in [5, 5.41) is 15.0. The fraction of sp³-hybridized carbons (Fsp3) is 0. The Hall–Kier alpha value is -7.00. The monoisotopic (exact) mass is 728 g/mol. The molecule has 0 saturated heterocycles. The van der Waals surface area contributed by atoms with E-state index in [1.165, 1.54) is 69.8 Å². The molecule has 1 aromatic heterocycles. The molecule has 11 rings (SSSR count). The predicted molar refractivity (Wildman–Crippen MR) is 241 cm³/mol. The van der Waals surface area contributed by atoms with Gasteiger partial charge in [-0.1, -0.05) is 212 Å². The highest BCUT2D eigenvalue weighted by Gasteiger charge is 2.42. The molecule has 0 amide bonds. The van der Waals surface area contributed by atoms with Crippen LogP contribution < -0.4 is 20.7 Å². The summed E-state index contributed by atoms with van der Waals surface area (Å²) in [6.07, 6.45) is 0. The third-order valence-corrected chi connectivity index (χ3v) is 16.5. The molecule has 2 heteroatoms. The summed E-state index contributed by atoms with van der Waals surface area (Å²) >= 11 is 0. The van der Waals surface area contributed by atoms with Crippen molar-refractivity contribution in [2.24, 2.45) is 0 Å². The maximum Gasteiger partial charge on any atom is 0.179 e. The average molecular weight is 729 g/mol. The van der Waals surface area contributed by atoms with Gasteiger partial charge < -0.3 is 4.42 Å². The first-order chi connectivity index (χ1) is 27.8. The molecular formula is C54H36OSi.